The van der Waals surface area contributed by atoms with Gasteiger partial charge in [-0.25, -0.2) is 0 Å². The zero-order chi connectivity index (χ0) is 11.2. The molecule has 0 aliphatic heterocycles. The Morgan fingerprint density at radius 3 is 3.12 bits per heavy atom. The van der Waals surface area contributed by atoms with Gasteiger partial charge >= 0.3 is 0 Å². The second-order valence-corrected chi connectivity index (χ2v) is 3.66. The minimum absolute atomic E-state index is 0.743. The van der Waals surface area contributed by atoms with Gasteiger partial charge in [-0.1, -0.05) is 6.07 Å². The molecule has 0 aliphatic carbocycles. The average molecular weight is 216 g/mol. The Morgan fingerprint density at radius 1 is 1.31 bits per heavy atom. The highest BCUT2D eigenvalue weighted by Crippen LogP contribution is 2.18. The maximum atomic E-state index is 5.65. The number of fused-ring (bicyclic) bond motifs is 1. The summed E-state index contributed by atoms with van der Waals surface area (Å²) in [6, 6.07) is 9.97. The highest BCUT2D eigenvalue weighted by molar-refractivity contribution is 5.79. The van der Waals surface area contributed by atoms with E-state index in [9.17, 15) is 0 Å². The fourth-order valence-electron chi connectivity index (χ4n) is 1.58. The number of nitrogens with one attached hydrogen (secondary N) is 1. The third kappa shape index (κ3) is 2.70. The summed E-state index contributed by atoms with van der Waals surface area (Å²) < 4.78 is 5.65. The zero-order valence-electron chi connectivity index (χ0n) is 9.44. The van der Waals surface area contributed by atoms with E-state index in [0.717, 1.165) is 36.2 Å². The summed E-state index contributed by atoms with van der Waals surface area (Å²) in [5, 5.41) is 4.21. The van der Waals surface area contributed by atoms with E-state index in [4.69, 9.17) is 4.74 Å². The summed E-state index contributed by atoms with van der Waals surface area (Å²) in [6.07, 6.45) is 2.82. The van der Waals surface area contributed by atoms with Gasteiger partial charge in [0.2, 0.25) is 0 Å². The number of pyridine rings is 1. The zero-order valence-corrected chi connectivity index (χ0v) is 9.44. The van der Waals surface area contributed by atoms with E-state index < -0.39 is 0 Å². The van der Waals surface area contributed by atoms with Crippen molar-refractivity contribution in [1.29, 1.82) is 0 Å². The molecule has 16 heavy (non-hydrogen) atoms. The van der Waals surface area contributed by atoms with Crippen LogP contribution in [0, 0.1) is 0 Å². The van der Waals surface area contributed by atoms with Crippen LogP contribution in [0.2, 0.25) is 0 Å². The van der Waals surface area contributed by atoms with Crippen LogP contribution >= 0.6 is 0 Å². The van der Waals surface area contributed by atoms with Crippen molar-refractivity contribution >= 4 is 10.9 Å². The van der Waals surface area contributed by atoms with E-state index in [0.29, 0.717) is 0 Å². The second-order valence-electron chi connectivity index (χ2n) is 3.66. The monoisotopic (exact) mass is 216 g/mol. The van der Waals surface area contributed by atoms with Gasteiger partial charge in [0.05, 0.1) is 12.1 Å². The molecule has 0 saturated heterocycles. The van der Waals surface area contributed by atoms with Crippen LogP contribution in [0.5, 0.6) is 5.75 Å². The molecule has 1 N–H and O–H groups in total. The van der Waals surface area contributed by atoms with Gasteiger partial charge in [-0.05, 0) is 44.3 Å². The minimum atomic E-state index is 0.743. The summed E-state index contributed by atoms with van der Waals surface area (Å²) in [4.78, 5) is 4.27. The molecule has 3 heteroatoms. The number of hydrogen-bond acceptors (Lipinski definition) is 3. The van der Waals surface area contributed by atoms with Crippen molar-refractivity contribution in [2.75, 3.05) is 20.2 Å². The van der Waals surface area contributed by atoms with Gasteiger partial charge in [0.15, 0.2) is 0 Å². The Balaban J connectivity index is 2.02. The summed E-state index contributed by atoms with van der Waals surface area (Å²) in [5.41, 5.74) is 1.00. The fraction of sp³-hybridized carbons (Fsp3) is 0.308. The Morgan fingerprint density at radius 2 is 2.25 bits per heavy atom. The first-order valence-electron chi connectivity index (χ1n) is 5.52. The molecule has 2 rings (SSSR count). The quantitative estimate of drug-likeness (QED) is 0.778. The first-order chi connectivity index (χ1) is 7.90. The SMILES string of the molecule is CNCCCOc1ccc2ncccc2c1. The molecular formula is C13H16N2O. The van der Waals surface area contributed by atoms with Crippen LogP contribution in [0.1, 0.15) is 6.42 Å². The summed E-state index contributed by atoms with van der Waals surface area (Å²) in [5.74, 6) is 0.914. The Bertz CT molecular complexity index is 456. The number of rotatable bonds is 5. The maximum absolute atomic E-state index is 5.65. The average Bonchev–Trinajstić information content (AvgIpc) is 2.34. The molecule has 2 aromatic rings. The molecule has 0 aliphatic rings. The highest BCUT2D eigenvalue weighted by atomic mass is 16.5. The van der Waals surface area contributed by atoms with Crippen LogP contribution in [-0.4, -0.2) is 25.2 Å². The third-order valence-electron chi connectivity index (χ3n) is 2.41. The lowest BCUT2D eigenvalue weighted by molar-refractivity contribution is 0.310. The molecule has 0 atom stereocenters. The van der Waals surface area contributed by atoms with Gasteiger partial charge in [-0.2, -0.15) is 0 Å². The first-order valence-corrected chi connectivity index (χ1v) is 5.52. The molecule has 0 bridgehead atoms. The van der Waals surface area contributed by atoms with Crippen LogP contribution in [0.4, 0.5) is 0 Å². The van der Waals surface area contributed by atoms with Crippen LogP contribution < -0.4 is 10.1 Å². The lowest BCUT2D eigenvalue weighted by atomic mass is 10.2. The number of ether oxygens (including phenoxy) is 1. The highest BCUT2D eigenvalue weighted by Gasteiger charge is 1.97. The third-order valence-corrected chi connectivity index (χ3v) is 2.41. The van der Waals surface area contributed by atoms with E-state index in [1.165, 1.54) is 0 Å². The number of aromatic nitrogens is 1. The molecule has 0 spiro atoms. The molecule has 84 valence electrons. The first kappa shape index (κ1) is 10.9. The second kappa shape index (κ2) is 5.47. The van der Waals surface area contributed by atoms with Crippen molar-refractivity contribution in [1.82, 2.24) is 10.3 Å². The van der Waals surface area contributed by atoms with Gasteiger partial charge in [-0.3, -0.25) is 4.98 Å². The molecule has 0 radical (unpaired) electrons. The predicted molar refractivity (Wildman–Crippen MR) is 65.8 cm³/mol. The smallest absolute Gasteiger partial charge is 0.120 e. The van der Waals surface area contributed by atoms with Gasteiger partial charge in [0, 0.05) is 11.6 Å². The van der Waals surface area contributed by atoms with E-state index >= 15 is 0 Å². The van der Waals surface area contributed by atoms with Crippen LogP contribution in [0.25, 0.3) is 10.9 Å². The largest absolute Gasteiger partial charge is 0.494 e. The lowest BCUT2D eigenvalue weighted by Crippen LogP contribution is -2.11. The normalized spacial score (nSPS) is 10.6. The van der Waals surface area contributed by atoms with Crippen LogP contribution in [-0.2, 0) is 0 Å². The fourth-order valence-corrected chi connectivity index (χ4v) is 1.58. The number of hydrogen-bond donors (Lipinski definition) is 1. The van der Waals surface area contributed by atoms with Crippen LogP contribution in [0.3, 0.4) is 0 Å². The van der Waals surface area contributed by atoms with E-state index in [1.54, 1.807) is 6.20 Å². The minimum Gasteiger partial charge on any atom is -0.494 e. The summed E-state index contributed by atoms with van der Waals surface area (Å²) >= 11 is 0. The standard InChI is InChI=1S/C13H16N2O/c1-14-7-3-9-16-12-5-6-13-11(10-12)4-2-8-15-13/h2,4-6,8,10,14H,3,7,9H2,1H3. The summed E-state index contributed by atoms with van der Waals surface area (Å²) in [7, 11) is 1.95. The van der Waals surface area contributed by atoms with E-state index in [-0.39, 0.29) is 0 Å². The molecule has 0 unspecified atom stereocenters. The van der Waals surface area contributed by atoms with Crippen molar-refractivity contribution in [3.05, 3.63) is 36.5 Å². The topological polar surface area (TPSA) is 34.1 Å². The lowest BCUT2D eigenvalue weighted by Gasteiger charge is -2.06. The molecule has 3 nitrogen and oxygen atoms in total. The summed E-state index contributed by atoms with van der Waals surface area (Å²) in [6.45, 7) is 1.72. The predicted octanol–water partition coefficient (Wildman–Crippen LogP) is 2.22. The van der Waals surface area contributed by atoms with Crippen molar-refractivity contribution in [2.45, 2.75) is 6.42 Å². The van der Waals surface area contributed by atoms with Gasteiger partial charge < -0.3 is 10.1 Å². The molecule has 0 fully saturated rings. The molecule has 0 saturated carbocycles. The Kier molecular flexibility index (Phi) is 3.72. The van der Waals surface area contributed by atoms with Crippen LogP contribution in [0.15, 0.2) is 36.5 Å². The molecule has 0 amide bonds. The van der Waals surface area contributed by atoms with Crippen molar-refractivity contribution in [3.63, 3.8) is 0 Å². The van der Waals surface area contributed by atoms with Gasteiger partial charge in [0.1, 0.15) is 5.75 Å². The van der Waals surface area contributed by atoms with Crippen molar-refractivity contribution < 1.29 is 4.74 Å². The maximum Gasteiger partial charge on any atom is 0.120 e. The number of nitrogens with zero attached hydrogens (tertiary/aromatic N) is 1. The molecular weight excluding hydrogens is 200 g/mol. The Hall–Kier alpha value is -1.61. The van der Waals surface area contributed by atoms with Crippen molar-refractivity contribution in [3.8, 4) is 5.75 Å². The van der Waals surface area contributed by atoms with E-state index in [1.807, 2.05) is 37.4 Å². The Labute approximate surface area is 95.5 Å². The molecule has 1 aromatic carbocycles. The van der Waals surface area contributed by atoms with Gasteiger partial charge in [0.25, 0.3) is 0 Å². The molecule has 1 aromatic heterocycles. The number of benzene rings is 1. The van der Waals surface area contributed by atoms with Gasteiger partial charge in [-0.15, -0.1) is 0 Å². The molecule has 1 heterocycles. The van der Waals surface area contributed by atoms with E-state index in [2.05, 4.69) is 10.3 Å². The van der Waals surface area contributed by atoms with Crippen molar-refractivity contribution in [2.24, 2.45) is 0 Å².